The van der Waals surface area contributed by atoms with Crippen LogP contribution in [-0.4, -0.2) is 27.8 Å². The van der Waals surface area contributed by atoms with Crippen molar-refractivity contribution in [3.63, 3.8) is 0 Å². The number of amides is 1. The normalized spacial score (nSPS) is 11.3. The molecule has 0 radical (unpaired) electrons. The number of aromatic nitrogens is 2. The van der Waals surface area contributed by atoms with Gasteiger partial charge in [-0.3, -0.25) is 4.79 Å². The van der Waals surface area contributed by atoms with Gasteiger partial charge in [0.05, 0.1) is 12.0 Å². The topological polar surface area (TPSA) is 68.5 Å². The molecular formula is C21H22N4O2. The minimum atomic E-state index is -0.302. The summed E-state index contributed by atoms with van der Waals surface area (Å²) >= 11 is 0. The second-order valence-corrected chi connectivity index (χ2v) is 6.04. The van der Waals surface area contributed by atoms with Gasteiger partial charge in [0.1, 0.15) is 5.75 Å². The summed E-state index contributed by atoms with van der Waals surface area (Å²) in [6.07, 6.45) is 6.33. The van der Waals surface area contributed by atoms with Crippen LogP contribution in [0.15, 0.2) is 72.4 Å². The van der Waals surface area contributed by atoms with E-state index < -0.39 is 0 Å². The van der Waals surface area contributed by atoms with Gasteiger partial charge in [-0.1, -0.05) is 31.2 Å². The lowest BCUT2D eigenvalue weighted by Gasteiger charge is -2.07. The van der Waals surface area contributed by atoms with E-state index in [4.69, 9.17) is 4.74 Å². The van der Waals surface area contributed by atoms with Gasteiger partial charge < -0.3 is 9.30 Å². The molecule has 0 aliphatic carbocycles. The average molecular weight is 362 g/mol. The first-order chi connectivity index (χ1) is 13.2. The molecule has 1 amide bonds. The minimum Gasteiger partial charge on any atom is -0.484 e. The number of nitrogens with one attached hydrogen (secondary N) is 1. The Kier molecular flexibility index (Phi) is 5.99. The van der Waals surface area contributed by atoms with Gasteiger partial charge in [-0.25, -0.2) is 10.4 Å². The number of imidazole rings is 1. The molecule has 1 N–H and O–H groups in total. The fraction of sp³-hybridized carbons (Fsp3) is 0.190. The lowest BCUT2D eigenvalue weighted by atomic mass is 10.1. The predicted octanol–water partition coefficient (Wildman–Crippen LogP) is 3.35. The first-order valence-corrected chi connectivity index (χ1v) is 8.79. The van der Waals surface area contributed by atoms with Crippen molar-refractivity contribution in [3.05, 3.63) is 78.4 Å². The molecule has 0 aliphatic rings. The quantitative estimate of drug-likeness (QED) is 0.518. The zero-order valence-corrected chi connectivity index (χ0v) is 15.4. The number of hydrogen-bond acceptors (Lipinski definition) is 4. The van der Waals surface area contributed by atoms with Gasteiger partial charge in [0.15, 0.2) is 6.61 Å². The summed E-state index contributed by atoms with van der Waals surface area (Å²) in [5, 5.41) is 4.14. The van der Waals surface area contributed by atoms with Crippen LogP contribution in [0.2, 0.25) is 0 Å². The number of nitrogens with zero attached hydrogens (tertiary/aromatic N) is 3. The van der Waals surface area contributed by atoms with Crippen LogP contribution in [-0.2, 0) is 11.2 Å². The number of benzene rings is 2. The van der Waals surface area contributed by atoms with Crippen LogP contribution in [0.4, 0.5) is 0 Å². The highest BCUT2D eigenvalue weighted by molar-refractivity contribution is 5.99. The largest absolute Gasteiger partial charge is 0.484 e. The van der Waals surface area contributed by atoms with Gasteiger partial charge in [0.25, 0.3) is 5.91 Å². The number of rotatable bonds is 7. The van der Waals surface area contributed by atoms with Crippen molar-refractivity contribution >= 4 is 11.6 Å². The van der Waals surface area contributed by atoms with E-state index in [0.717, 1.165) is 17.7 Å². The average Bonchev–Trinajstić information content (AvgIpc) is 3.26. The molecule has 0 saturated heterocycles. The maximum atomic E-state index is 11.9. The highest BCUT2D eigenvalue weighted by Gasteiger charge is 2.04. The van der Waals surface area contributed by atoms with Gasteiger partial charge in [0, 0.05) is 18.1 Å². The van der Waals surface area contributed by atoms with Gasteiger partial charge >= 0.3 is 0 Å². The molecule has 0 saturated carbocycles. The Labute approximate surface area is 158 Å². The van der Waals surface area contributed by atoms with Gasteiger partial charge in [-0.2, -0.15) is 5.10 Å². The van der Waals surface area contributed by atoms with E-state index in [1.54, 1.807) is 12.5 Å². The van der Waals surface area contributed by atoms with Gasteiger partial charge in [-0.05, 0) is 48.7 Å². The van der Waals surface area contributed by atoms with Crippen LogP contribution in [0.5, 0.6) is 5.75 Å². The predicted molar refractivity (Wildman–Crippen MR) is 105 cm³/mol. The van der Waals surface area contributed by atoms with Crippen molar-refractivity contribution in [2.75, 3.05) is 6.61 Å². The molecular weight excluding hydrogens is 340 g/mol. The Balaban J connectivity index is 1.52. The highest BCUT2D eigenvalue weighted by atomic mass is 16.5. The SMILES string of the molecule is CCc1ccc(OCC(=O)N/N=C(\C)c2ccc(-n3ccnc3)cc2)cc1. The Hall–Kier alpha value is -3.41. The molecule has 6 heteroatoms. The lowest BCUT2D eigenvalue weighted by Crippen LogP contribution is -2.25. The summed E-state index contributed by atoms with van der Waals surface area (Å²) in [7, 11) is 0. The molecule has 3 aromatic rings. The minimum absolute atomic E-state index is 0.0815. The summed E-state index contributed by atoms with van der Waals surface area (Å²) in [6.45, 7) is 3.85. The molecule has 0 aliphatic heterocycles. The summed E-state index contributed by atoms with van der Waals surface area (Å²) in [5.74, 6) is 0.363. The van der Waals surface area contributed by atoms with Crippen LogP contribution in [0.25, 0.3) is 5.69 Å². The maximum absolute atomic E-state index is 11.9. The van der Waals surface area contributed by atoms with Crippen LogP contribution >= 0.6 is 0 Å². The molecule has 0 spiro atoms. The van der Waals surface area contributed by atoms with Crippen LogP contribution in [0, 0.1) is 0 Å². The second-order valence-electron chi connectivity index (χ2n) is 6.04. The van der Waals surface area contributed by atoms with Crippen molar-refractivity contribution < 1.29 is 9.53 Å². The van der Waals surface area contributed by atoms with Crippen molar-refractivity contribution in [1.82, 2.24) is 15.0 Å². The van der Waals surface area contributed by atoms with Crippen molar-refractivity contribution in [1.29, 1.82) is 0 Å². The van der Waals surface area contributed by atoms with Crippen molar-refractivity contribution in [2.24, 2.45) is 5.10 Å². The standard InChI is InChI=1S/C21H22N4O2/c1-3-17-4-10-20(11-5-17)27-14-21(26)24-23-16(2)18-6-8-19(9-7-18)25-13-12-22-15-25/h4-13,15H,3,14H2,1-2H3,(H,24,26)/b23-16+. The molecule has 1 heterocycles. The zero-order valence-electron chi connectivity index (χ0n) is 15.4. The van der Waals surface area contributed by atoms with E-state index in [9.17, 15) is 4.79 Å². The lowest BCUT2D eigenvalue weighted by molar-refractivity contribution is -0.123. The summed E-state index contributed by atoms with van der Waals surface area (Å²) in [6, 6.07) is 15.6. The molecule has 0 bridgehead atoms. The van der Waals surface area contributed by atoms with E-state index in [1.807, 2.05) is 66.2 Å². The Morgan fingerprint density at radius 2 is 1.89 bits per heavy atom. The van der Waals surface area contributed by atoms with Gasteiger partial charge in [0.2, 0.25) is 0 Å². The molecule has 1 aromatic heterocycles. The van der Waals surface area contributed by atoms with E-state index in [0.29, 0.717) is 11.5 Å². The number of hydrazone groups is 1. The first-order valence-electron chi connectivity index (χ1n) is 8.79. The molecule has 3 rings (SSSR count). The van der Waals surface area contributed by atoms with E-state index in [1.165, 1.54) is 5.56 Å². The number of ether oxygens (including phenoxy) is 1. The number of carbonyl (C=O) groups is 1. The molecule has 0 fully saturated rings. The smallest absolute Gasteiger partial charge is 0.277 e. The first kappa shape index (κ1) is 18.4. The molecule has 6 nitrogen and oxygen atoms in total. The Morgan fingerprint density at radius 1 is 1.15 bits per heavy atom. The third kappa shape index (κ3) is 5.04. The van der Waals surface area contributed by atoms with Gasteiger partial charge in [-0.15, -0.1) is 0 Å². The van der Waals surface area contributed by atoms with Crippen LogP contribution < -0.4 is 10.2 Å². The maximum Gasteiger partial charge on any atom is 0.277 e. The number of aryl methyl sites for hydroxylation is 1. The van der Waals surface area contributed by atoms with Crippen LogP contribution in [0.3, 0.4) is 0 Å². The van der Waals surface area contributed by atoms with E-state index >= 15 is 0 Å². The molecule has 2 aromatic carbocycles. The van der Waals surface area contributed by atoms with E-state index in [-0.39, 0.29) is 12.5 Å². The molecule has 27 heavy (non-hydrogen) atoms. The molecule has 138 valence electrons. The summed E-state index contributed by atoms with van der Waals surface area (Å²) in [5.41, 5.74) is 6.40. The zero-order chi connectivity index (χ0) is 19.1. The second kappa shape index (κ2) is 8.80. The fourth-order valence-corrected chi connectivity index (χ4v) is 2.50. The number of hydrogen-bond donors (Lipinski definition) is 1. The molecule has 0 atom stereocenters. The Bertz CT molecular complexity index is 898. The Morgan fingerprint density at radius 3 is 2.52 bits per heavy atom. The fourth-order valence-electron chi connectivity index (χ4n) is 2.50. The number of carbonyl (C=O) groups excluding carboxylic acids is 1. The summed E-state index contributed by atoms with van der Waals surface area (Å²) in [4.78, 5) is 16.0. The highest BCUT2D eigenvalue weighted by Crippen LogP contribution is 2.12. The summed E-state index contributed by atoms with van der Waals surface area (Å²) < 4.78 is 7.39. The van der Waals surface area contributed by atoms with Crippen molar-refractivity contribution in [3.8, 4) is 11.4 Å². The monoisotopic (exact) mass is 362 g/mol. The third-order valence-corrected chi connectivity index (χ3v) is 4.14. The third-order valence-electron chi connectivity index (χ3n) is 4.14. The van der Waals surface area contributed by atoms with Crippen LogP contribution in [0.1, 0.15) is 25.0 Å². The molecule has 0 unspecified atom stereocenters. The van der Waals surface area contributed by atoms with Crippen molar-refractivity contribution in [2.45, 2.75) is 20.3 Å². The van der Waals surface area contributed by atoms with E-state index in [2.05, 4.69) is 22.4 Å².